The number of methoxy groups -OCH3 is 1. The number of benzene rings is 1. The summed E-state index contributed by atoms with van der Waals surface area (Å²) in [5.41, 5.74) is 7.42. The summed E-state index contributed by atoms with van der Waals surface area (Å²) in [5, 5.41) is 0. The van der Waals surface area contributed by atoms with Gasteiger partial charge in [0.25, 0.3) is 0 Å². The fraction of sp³-hybridized carbons (Fsp3) is 0.154. The molecule has 2 N–H and O–H groups in total. The van der Waals surface area contributed by atoms with Crippen molar-refractivity contribution in [3.63, 3.8) is 0 Å². The number of nitrogens with zero attached hydrogens (tertiary/aromatic N) is 1. The van der Waals surface area contributed by atoms with E-state index in [0.717, 1.165) is 10.0 Å². The Morgan fingerprint density at radius 2 is 1.94 bits per heavy atom. The third kappa shape index (κ3) is 2.73. The highest BCUT2D eigenvalue weighted by molar-refractivity contribution is 9.10. The van der Waals surface area contributed by atoms with Gasteiger partial charge in [0.15, 0.2) is 5.75 Å². The van der Waals surface area contributed by atoms with Gasteiger partial charge in [0, 0.05) is 16.6 Å². The van der Waals surface area contributed by atoms with Crippen LogP contribution in [-0.2, 0) is 0 Å². The molecule has 0 amide bonds. The molecule has 94 valence electrons. The smallest absolute Gasteiger partial charge is 0.222 e. The second kappa shape index (κ2) is 5.27. The quantitative estimate of drug-likeness (QED) is 0.881. The molecule has 0 bridgehead atoms. The van der Waals surface area contributed by atoms with Gasteiger partial charge in [-0.25, -0.2) is 0 Å². The second-order valence-electron chi connectivity index (χ2n) is 3.76. The molecule has 1 aromatic heterocycles. The average molecular weight is 309 g/mol. The van der Waals surface area contributed by atoms with Crippen LogP contribution < -0.4 is 15.2 Å². The van der Waals surface area contributed by atoms with Gasteiger partial charge in [0.2, 0.25) is 11.8 Å². The van der Waals surface area contributed by atoms with Crippen LogP contribution in [0.25, 0.3) is 0 Å². The third-order valence-corrected chi connectivity index (χ3v) is 2.84. The van der Waals surface area contributed by atoms with Crippen LogP contribution in [0, 0.1) is 6.92 Å². The van der Waals surface area contributed by atoms with Crippen molar-refractivity contribution in [2.75, 3.05) is 12.8 Å². The molecule has 2 rings (SSSR count). The Labute approximate surface area is 114 Å². The molecule has 1 heterocycles. The molecular formula is C13H13BrN2O2. The first-order chi connectivity index (χ1) is 8.60. The first kappa shape index (κ1) is 12.7. The fourth-order valence-electron chi connectivity index (χ4n) is 1.57. The van der Waals surface area contributed by atoms with E-state index in [-0.39, 0.29) is 0 Å². The molecule has 0 aliphatic heterocycles. The number of halogens is 1. The molecule has 1 aromatic carbocycles. The lowest BCUT2D eigenvalue weighted by Crippen LogP contribution is -1.97. The predicted molar refractivity (Wildman–Crippen MR) is 74.2 cm³/mol. The summed E-state index contributed by atoms with van der Waals surface area (Å²) in [4.78, 5) is 4.18. The maximum Gasteiger partial charge on any atom is 0.222 e. The molecule has 0 aliphatic carbocycles. The molecule has 0 saturated heterocycles. The lowest BCUT2D eigenvalue weighted by atomic mass is 10.2. The second-order valence-corrected chi connectivity index (χ2v) is 4.68. The van der Waals surface area contributed by atoms with Crippen LogP contribution >= 0.6 is 15.9 Å². The number of aromatic nitrogens is 1. The number of hydrogen-bond donors (Lipinski definition) is 1. The first-order valence-corrected chi connectivity index (χ1v) is 6.14. The van der Waals surface area contributed by atoms with Gasteiger partial charge in [-0.15, -0.1) is 0 Å². The van der Waals surface area contributed by atoms with E-state index in [1.807, 2.05) is 19.1 Å². The third-order valence-electron chi connectivity index (χ3n) is 2.38. The molecule has 0 radical (unpaired) electrons. The topological polar surface area (TPSA) is 57.4 Å². The summed E-state index contributed by atoms with van der Waals surface area (Å²) in [6.45, 7) is 1.93. The molecule has 0 unspecified atom stereocenters. The Balaban J connectivity index is 2.33. The number of pyridine rings is 1. The maximum atomic E-state index is 5.93. The van der Waals surface area contributed by atoms with Crippen LogP contribution in [0.3, 0.4) is 0 Å². The first-order valence-electron chi connectivity index (χ1n) is 5.34. The molecule has 0 aliphatic rings. The number of ether oxygens (including phenoxy) is 2. The normalized spacial score (nSPS) is 10.2. The van der Waals surface area contributed by atoms with Gasteiger partial charge in [-0.2, -0.15) is 4.98 Å². The highest BCUT2D eigenvalue weighted by Crippen LogP contribution is 2.33. The lowest BCUT2D eigenvalue weighted by molar-refractivity contribution is 0.383. The Hall–Kier alpha value is -1.75. The Morgan fingerprint density at radius 1 is 1.22 bits per heavy atom. The number of nitrogens with two attached hydrogens (primary N) is 1. The minimum absolute atomic E-state index is 0.450. The highest BCUT2D eigenvalue weighted by atomic mass is 79.9. The van der Waals surface area contributed by atoms with Crippen LogP contribution in [0.4, 0.5) is 5.69 Å². The summed E-state index contributed by atoms with van der Waals surface area (Å²) >= 11 is 3.38. The molecule has 0 spiro atoms. The summed E-state index contributed by atoms with van der Waals surface area (Å²) in [7, 11) is 1.56. The van der Waals surface area contributed by atoms with Gasteiger partial charge in [0.05, 0.1) is 12.8 Å². The van der Waals surface area contributed by atoms with Crippen molar-refractivity contribution in [1.29, 1.82) is 0 Å². The molecule has 4 nitrogen and oxygen atoms in total. The van der Waals surface area contributed by atoms with Gasteiger partial charge in [0.1, 0.15) is 0 Å². The number of rotatable bonds is 3. The summed E-state index contributed by atoms with van der Waals surface area (Å²) in [6, 6.07) is 9.05. The van der Waals surface area contributed by atoms with Crippen molar-refractivity contribution in [1.82, 2.24) is 4.98 Å². The van der Waals surface area contributed by atoms with E-state index in [9.17, 15) is 0 Å². The standard InChI is InChI=1S/C13H13BrN2O2/c1-8-6-9(14)7-10(15)13(8)18-12-5-3-4-11(16-12)17-2/h3-7H,15H2,1-2H3. The van der Waals surface area contributed by atoms with Crippen molar-refractivity contribution in [3.8, 4) is 17.5 Å². The number of anilines is 1. The molecule has 2 aromatic rings. The van der Waals surface area contributed by atoms with Crippen molar-refractivity contribution in [2.24, 2.45) is 0 Å². The minimum atomic E-state index is 0.450. The van der Waals surface area contributed by atoms with E-state index >= 15 is 0 Å². The zero-order valence-electron chi connectivity index (χ0n) is 10.1. The van der Waals surface area contributed by atoms with Gasteiger partial charge < -0.3 is 15.2 Å². The lowest BCUT2D eigenvalue weighted by Gasteiger charge is -2.11. The van der Waals surface area contributed by atoms with E-state index in [0.29, 0.717) is 23.2 Å². The van der Waals surface area contributed by atoms with Crippen LogP contribution in [-0.4, -0.2) is 12.1 Å². The van der Waals surface area contributed by atoms with Crippen molar-refractivity contribution >= 4 is 21.6 Å². The van der Waals surface area contributed by atoms with Gasteiger partial charge in [-0.1, -0.05) is 22.0 Å². The zero-order chi connectivity index (χ0) is 13.1. The van der Waals surface area contributed by atoms with Crippen LogP contribution in [0.1, 0.15) is 5.56 Å². The van der Waals surface area contributed by atoms with Gasteiger partial charge >= 0.3 is 0 Å². The van der Waals surface area contributed by atoms with Crippen LogP contribution in [0.5, 0.6) is 17.5 Å². The molecule has 0 saturated carbocycles. The number of nitrogen functional groups attached to an aromatic ring is 1. The van der Waals surface area contributed by atoms with Crippen molar-refractivity contribution < 1.29 is 9.47 Å². The zero-order valence-corrected chi connectivity index (χ0v) is 11.7. The van der Waals surface area contributed by atoms with Crippen LogP contribution in [0.15, 0.2) is 34.8 Å². The van der Waals surface area contributed by atoms with Crippen molar-refractivity contribution in [3.05, 3.63) is 40.4 Å². The van der Waals surface area contributed by atoms with Crippen molar-refractivity contribution in [2.45, 2.75) is 6.92 Å². The largest absolute Gasteiger partial charge is 0.481 e. The van der Waals surface area contributed by atoms with Gasteiger partial charge in [-0.05, 0) is 24.6 Å². The number of aryl methyl sites for hydroxylation is 1. The molecule has 5 heteroatoms. The van der Waals surface area contributed by atoms with E-state index < -0.39 is 0 Å². The predicted octanol–water partition coefficient (Wildman–Crippen LogP) is 3.54. The molecule has 18 heavy (non-hydrogen) atoms. The molecule has 0 atom stereocenters. The average Bonchev–Trinajstić information content (AvgIpc) is 2.34. The Kier molecular flexibility index (Phi) is 3.72. The highest BCUT2D eigenvalue weighted by Gasteiger charge is 2.09. The van der Waals surface area contributed by atoms with Gasteiger partial charge in [-0.3, -0.25) is 0 Å². The monoisotopic (exact) mass is 308 g/mol. The Bertz CT molecular complexity index is 550. The van der Waals surface area contributed by atoms with E-state index in [2.05, 4.69) is 20.9 Å². The van der Waals surface area contributed by atoms with E-state index in [1.165, 1.54) is 0 Å². The number of hydrogen-bond acceptors (Lipinski definition) is 4. The summed E-state index contributed by atoms with van der Waals surface area (Å²) in [5.74, 6) is 1.56. The summed E-state index contributed by atoms with van der Waals surface area (Å²) in [6.07, 6.45) is 0. The minimum Gasteiger partial charge on any atom is -0.481 e. The summed E-state index contributed by atoms with van der Waals surface area (Å²) < 4.78 is 11.7. The van der Waals surface area contributed by atoms with E-state index in [1.54, 1.807) is 25.3 Å². The van der Waals surface area contributed by atoms with Crippen LogP contribution in [0.2, 0.25) is 0 Å². The SMILES string of the molecule is COc1cccc(Oc2c(C)cc(Br)cc2N)n1. The fourth-order valence-corrected chi connectivity index (χ4v) is 2.16. The maximum absolute atomic E-state index is 5.93. The van der Waals surface area contributed by atoms with E-state index in [4.69, 9.17) is 15.2 Å². The molecule has 0 fully saturated rings. The molecular weight excluding hydrogens is 296 g/mol. The Morgan fingerprint density at radius 3 is 2.61 bits per heavy atom.